The summed E-state index contributed by atoms with van der Waals surface area (Å²) in [4.78, 5) is 56.9. The summed E-state index contributed by atoms with van der Waals surface area (Å²) in [5, 5.41) is 33.9. The second kappa shape index (κ2) is 8.75. The van der Waals surface area contributed by atoms with Crippen LogP contribution in [0.4, 0.5) is 5.69 Å². The van der Waals surface area contributed by atoms with Crippen molar-refractivity contribution in [1.82, 2.24) is 4.90 Å². The highest BCUT2D eigenvalue weighted by molar-refractivity contribution is 6.26. The summed E-state index contributed by atoms with van der Waals surface area (Å²) >= 11 is 0. The molecule has 7 atom stereocenters. The van der Waals surface area contributed by atoms with Crippen molar-refractivity contribution in [1.29, 1.82) is 0 Å². The molecule has 0 saturated heterocycles. The van der Waals surface area contributed by atoms with Gasteiger partial charge in [-0.1, -0.05) is 0 Å². The zero-order valence-corrected chi connectivity index (χ0v) is 21.5. The molecule has 3 unspecified atom stereocenters. The minimum atomic E-state index is -2.69. The number of nitrogens with zero attached hydrogens (tertiary/aromatic N) is 2. The van der Waals surface area contributed by atoms with E-state index in [0.717, 1.165) is 0 Å². The Morgan fingerprint density at radius 3 is 2.39 bits per heavy atom. The molecule has 0 bridgehead atoms. The Morgan fingerprint density at radius 1 is 1.16 bits per heavy atom. The highest BCUT2D eigenvalue weighted by atomic mass is 16.3. The van der Waals surface area contributed by atoms with Gasteiger partial charge < -0.3 is 35.3 Å². The molecule has 11 heteroatoms. The van der Waals surface area contributed by atoms with Crippen molar-refractivity contribution in [2.24, 2.45) is 29.4 Å². The van der Waals surface area contributed by atoms with Crippen molar-refractivity contribution in [3.05, 3.63) is 35.8 Å². The fourth-order valence-electron chi connectivity index (χ4n) is 6.91. The number of aliphatic hydroxyl groups excluding tert-OH is 1. The highest BCUT2D eigenvalue weighted by Gasteiger charge is 2.69. The third-order valence-electron chi connectivity index (χ3n) is 8.58. The predicted molar refractivity (Wildman–Crippen MR) is 134 cm³/mol. The van der Waals surface area contributed by atoms with E-state index in [-0.39, 0.29) is 24.2 Å². The predicted octanol–water partition coefficient (Wildman–Crippen LogP) is -0.0152. The molecule has 0 spiro atoms. The van der Waals surface area contributed by atoms with Crippen LogP contribution in [0.2, 0.25) is 0 Å². The average molecular weight is 526 g/mol. The number of phenolic OH excluding ortho intramolecular Hbond substituents is 1. The SMILES string of the molecule is CN(C)c1cc(-c2ccoc2)c(O)c2c1C[C@@H]1C[C@@H]3[C@@H](N(C)C)C(O)C(C(N)=O)C(=O)[C@]3(O)C(=O)C1C2=O. The van der Waals surface area contributed by atoms with E-state index in [1.165, 1.54) is 12.5 Å². The molecule has 1 aromatic carbocycles. The number of fused-ring (bicyclic) bond motifs is 3. The molecule has 202 valence electrons. The number of amides is 1. The summed E-state index contributed by atoms with van der Waals surface area (Å²) in [7, 11) is 6.82. The van der Waals surface area contributed by atoms with Crippen LogP contribution in [-0.4, -0.2) is 89.4 Å². The lowest BCUT2D eigenvalue weighted by atomic mass is 9.52. The number of furan rings is 1. The van der Waals surface area contributed by atoms with Gasteiger partial charge in [0.2, 0.25) is 5.91 Å². The molecular weight excluding hydrogens is 494 g/mol. The monoisotopic (exact) mass is 525 g/mol. The van der Waals surface area contributed by atoms with E-state index >= 15 is 0 Å². The molecule has 2 aromatic rings. The van der Waals surface area contributed by atoms with Crippen molar-refractivity contribution < 1.29 is 38.9 Å². The molecule has 0 aliphatic heterocycles. The third kappa shape index (κ3) is 3.38. The lowest BCUT2D eigenvalue weighted by Crippen LogP contribution is -2.75. The summed E-state index contributed by atoms with van der Waals surface area (Å²) in [6.07, 6.45) is 1.61. The first-order valence-electron chi connectivity index (χ1n) is 12.4. The second-order valence-electron chi connectivity index (χ2n) is 11.0. The summed E-state index contributed by atoms with van der Waals surface area (Å²) in [6.45, 7) is 0. The molecule has 38 heavy (non-hydrogen) atoms. The van der Waals surface area contributed by atoms with Crippen LogP contribution in [0.3, 0.4) is 0 Å². The van der Waals surface area contributed by atoms with Crippen LogP contribution in [0.15, 0.2) is 29.1 Å². The van der Waals surface area contributed by atoms with E-state index in [2.05, 4.69) is 0 Å². The maximum atomic E-state index is 14.0. The summed E-state index contributed by atoms with van der Waals surface area (Å²) < 4.78 is 5.15. The molecule has 3 aliphatic carbocycles. The Labute approximate surface area is 218 Å². The van der Waals surface area contributed by atoms with E-state index in [0.29, 0.717) is 22.4 Å². The summed E-state index contributed by atoms with van der Waals surface area (Å²) in [6, 6.07) is 2.44. The summed E-state index contributed by atoms with van der Waals surface area (Å²) in [5.74, 6) is -9.28. The van der Waals surface area contributed by atoms with E-state index < -0.39 is 64.7 Å². The first-order valence-corrected chi connectivity index (χ1v) is 12.4. The van der Waals surface area contributed by atoms with Gasteiger partial charge in [0, 0.05) is 42.9 Å². The topological polar surface area (TPSA) is 175 Å². The molecule has 1 heterocycles. The van der Waals surface area contributed by atoms with Crippen molar-refractivity contribution in [3.63, 3.8) is 0 Å². The van der Waals surface area contributed by atoms with Crippen molar-refractivity contribution in [2.45, 2.75) is 30.6 Å². The van der Waals surface area contributed by atoms with Crippen molar-refractivity contribution in [3.8, 4) is 16.9 Å². The van der Waals surface area contributed by atoms with Crippen LogP contribution >= 0.6 is 0 Å². The number of phenols is 1. The number of rotatable bonds is 4. The molecule has 5 rings (SSSR count). The number of aromatic hydroxyl groups is 1. The van der Waals surface area contributed by atoms with Crippen LogP contribution < -0.4 is 10.6 Å². The van der Waals surface area contributed by atoms with E-state index in [9.17, 15) is 34.5 Å². The number of hydrogen-bond acceptors (Lipinski definition) is 10. The van der Waals surface area contributed by atoms with E-state index in [1.54, 1.807) is 45.2 Å². The molecule has 2 saturated carbocycles. The Kier molecular flexibility index (Phi) is 6.01. The van der Waals surface area contributed by atoms with Crippen LogP contribution in [0, 0.1) is 23.7 Å². The lowest BCUT2D eigenvalue weighted by Gasteiger charge is -2.55. The number of hydrogen-bond donors (Lipinski definition) is 4. The number of ketones is 3. The van der Waals surface area contributed by atoms with E-state index in [4.69, 9.17) is 10.2 Å². The smallest absolute Gasteiger partial charge is 0.230 e. The molecule has 3 aliphatic rings. The van der Waals surface area contributed by atoms with Gasteiger partial charge in [-0.25, -0.2) is 0 Å². The van der Waals surface area contributed by atoms with Crippen molar-refractivity contribution >= 4 is 28.9 Å². The van der Waals surface area contributed by atoms with Gasteiger partial charge in [-0.3, -0.25) is 19.2 Å². The van der Waals surface area contributed by atoms with Crippen LogP contribution in [0.5, 0.6) is 5.75 Å². The maximum absolute atomic E-state index is 14.0. The normalized spacial score (nSPS) is 32.6. The minimum Gasteiger partial charge on any atom is -0.507 e. The number of carbonyl (C=O) groups excluding carboxylic acids is 4. The molecular formula is C27H31N3O8. The lowest BCUT2D eigenvalue weighted by molar-refractivity contribution is -0.190. The number of anilines is 1. The Bertz CT molecular complexity index is 1350. The number of aliphatic hydroxyl groups is 2. The maximum Gasteiger partial charge on any atom is 0.230 e. The van der Waals surface area contributed by atoms with Crippen LogP contribution in [0.25, 0.3) is 11.1 Å². The standard InChI is InChI=1S/C27H31N3O8/c1-29(2)16-9-13(11-5-6-38-10-11)21(31)18-14(16)7-12-8-15-20(30(3)4)23(33)19(26(28)36)25(35)27(15,37)24(34)17(12)22(18)32/h5-6,9-10,12,15,17,19-20,23,31,33,37H,7-8H2,1-4H3,(H2,28,36)/t12-,15-,17?,19?,20-,23?,27-/m1/s1. The van der Waals surface area contributed by atoms with Crippen LogP contribution in [-0.2, 0) is 20.8 Å². The fourth-order valence-corrected chi connectivity index (χ4v) is 6.91. The highest BCUT2D eigenvalue weighted by Crippen LogP contribution is 2.53. The summed E-state index contributed by atoms with van der Waals surface area (Å²) in [5.41, 5.74) is 4.79. The molecule has 2 fully saturated rings. The number of primary amides is 1. The largest absolute Gasteiger partial charge is 0.507 e. The molecule has 1 aromatic heterocycles. The van der Waals surface area contributed by atoms with Gasteiger partial charge in [-0.2, -0.15) is 0 Å². The van der Waals surface area contributed by atoms with Gasteiger partial charge in [-0.15, -0.1) is 0 Å². The molecule has 0 radical (unpaired) electrons. The second-order valence-corrected chi connectivity index (χ2v) is 11.0. The first kappa shape index (κ1) is 26.1. The number of likely N-dealkylation sites (N-methyl/N-ethyl adjacent to an activating group) is 1. The Morgan fingerprint density at radius 2 is 1.84 bits per heavy atom. The first-order chi connectivity index (χ1) is 17.8. The van der Waals surface area contributed by atoms with Crippen molar-refractivity contribution in [2.75, 3.05) is 33.1 Å². The molecule has 1 amide bonds. The van der Waals surface area contributed by atoms with Gasteiger partial charge in [0.25, 0.3) is 0 Å². The zero-order chi connectivity index (χ0) is 27.8. The molecule has 5 N–H and O–H groups in total. The fraction of sp³-hybridized carbons (Fsp3) is 0.481. The van der Waals surface area contributed by atoms with Gasteiger partial charge in [0.15, 0.2) is 23.0 Å². The minimum absolute atomic E-state index is 0.0389. The Hall–Kier alpha value is -3.54. The average Bonchev–Trinajstić information content (AvgIpc) is 3.35. The number of carbonyl (C=O) groups is 4. The van der Waals surface area contributed by atoms with Gasteiger partial charge in [-0.05, 0) is 50.6 Å². The number of Topliss-reactive ketones (excluding diaryl/α,β-unsaturated/α-hetero) is 3. The number of nitrogens with two attached hydrogens (primary N) is 1. The van der Waals surface area contributed by atoms with E-state index in [1.807, 2.05) is 4.90 Å². The number of benzene rings is 1. The zero-order valence-electron chi connectivity index (χ0n) is 21.5. The van der Waals surface area contributed by atoms with Gasteiger partial charge >= 0.3 is 0 Å². The molecule has 11 nitrogen and oxygen atoms in total. The van der Waals surface area contributed by atoms with Gasteiger partial charge in [0.1, 0.15) is 11.7 Å². The Balaban J connectivity index is 1.68. The quantitative estimate of drug-likeness (QED) is 0.397. The van der Waals surface area contributed by atoms with Crippen LogP contribution in [0.1, 0.15) is 22.3 Å². The third-order valence-corrected chi connectivity index (χ3v) is 8.58. The van der Waals surface area contributed by atoms with Gasteiger partial charge in [0.05, 0.1) is 30.1 Å².